The number of anilines is 5. The van der Waals surface area contributed by atoms with Gasteiger partial charge in [0.1, 0.15) is 11.5 Å². The highest BCUT2D eigenvalue weighted by atomic mass is 16.5. The van der Waals surface area contributed by atoms with Crippen LogP contribution >= 0.6 is 0 Å². The van der Waals surface area contributed by atoms with E-state index in [4.69, 9.17) is 9.47 Å². The molecular formula is C28H31N7O2. The first-order valence-corrected chi connectivity index (χ1v) is 11.8. The van der Waals surface area contributed by atoms with Crippen LogP contribution in [0.1, 0.15) is 31.9 Å². The van der Waals surface area contributed by atoms with Crippen molar-refractivity contribution in [1.82, 2.24) is 15.0 Å². The molecule has 4 rings (SSSR count). The zero-order valence-corrected chi connectivity index (χ0v) is 21.6. The highest BCUT2D eigenvalue weighted by molar-refractivity contribution is 5.80. The standard InChI is InChI=1S/C28H31N7O2/c1-28(2,3)20-8-6-19(7-9-20)18-29-35-27-33-25(30-21-10-14-23(36-4)15-11-21)32-26(34-27)31-22-12-16-24(37-5)17-13-22/h6-18H,1-5H3,(H3,30,31,32,33,34,35)/b29-18+. The lowest BCUT2D eigenvalue weighted by Gasteiger charge is -2.18. The van der Waals surface area contributed by atoms with Crippen LogP contribution in [0.5, 0.6) is 11.5 Å². The van der Waals surface area contributed by atoms with E-state index >= 15 is 0 Å². The quantitative estimate of drug-likeness (QED) is 0.188. The van der Waals surface area contributed by atoms with Crippen molar-refractivity contribution in [2.24, 2.45) is 5.10 Å². The summed E-state index contributed by atoms with van der Waals surface area (Å²) in [6.45, 7) is 6.56. The smallest absolute Gasteiger partial charge is 0.250 e. The molecular weight excluding hydrogens is 466 g/mol. The summed E-state index contributed by atoms with van der Waals surface area (Å²) in [6, 6.07) is 23.2. The first-order chi connectivity index (χ1) is 17.8. The SMILES string of the molecule is COc1ccc(Nc2nc(N/N=C/c3ccc(C(C)(C)C)cc3)nc(Nc3ccc(OC)cc3)n2)cc1. The third-order valence-corrected chi connectivity index (χ3v) is 5.48. The number of rotatable bonds is 9. The molecule has 0 bridgehead atoms. The molecule has 9 nitrogen and oxygen atoms in total. The lowest BCUT2D eigenvalue weighted by Crippen LogP contribution is -2.10. The molecule has 0 spiro atoms. The van der Waals surface area contributed by atoms with Gasteiger partial charge in [-0.05, 0) is 65.1 Å². The molecule has 0 amide bonds. The molecule has 4 aromatic rings. The highest BCUT2D eigenvalue weighted by Crippen LogP contribution is 2.23. The lowest BCUT2D eigenvalue weighted by molar-refractivity contribution is 0.415. The zero-order valence-electron chi connectivity index (χ0n) is 21.6. The van der Waals surface area contributed by atoms with E-state index in [0.29, 0.717) is 11.9 Å². The largest absolute Gasteiger partial charge is 0.497 e. The summed E-state index contributed by atoms with van der Waals surface area (Å²) in [5, 5.41) is 10.7. The fourth-order valence-corrected chi connectivity index (χ4v) is 3.38. The first-order valence-electron chi connectivity index (χ1n) is 11.8. The van der Waals surface area contributed by atoms with Crippen molar-refractivity contribution in [3.8, 4) is 11.5 Å². The number of hydrogen-bond acceptors (Lipinski definition) is 9. The molecule has 37 heavy (non-hydrogen) atoms. The van der Waals surface area contributed by atoms with Gasteiger partial charge in [-0.3, -0.25) is 0 Å². The third kappa shape index (κ3) is 7.17. The number of hydrazone groups is 1. The maximum Gasteiger partial charge on any atom is 0.250 e. The minimum atomic E-state index is 0.0966. The van der Waals surface area contributed by atoms with E-state index < -0.39 is 0 Å². The van der Waals surface area contributed by atoms with E-state index in [0.717, 1.165) is 28.4 Å². The molecule has 0 atom stereocenters. The van der Waals surface area contributed by atoms with Crippen molar-refractivity contribution in [2.45, 2.75) is 26.2 Å². The van der Waals surface area contributed by atoms with Gasteiger partial charge in [0.2, 0.25) is 17.8 Å². The van der Waals surface area contributed by atoms with Gasteiger partial charge in [0.15, 0.2) is 0 Å². The minimum Gasteiger partial charge on any atom is -0.497 e. The van der Waals surface area contributed by atoms with Crippen molar-refractivity contribution >= 4 is 35.4 Å². The number of hydrogen-bond donors (Lipinski definition) is 3. The number of methoxy groups -OCH3 is 2. The fourth-order valence-electron chi connectivity index (χ4n) is 3.38. The molecule has 3 N–H and O–H groups in total. The number of benzene rings is 3. The zero-order chi connectivity index (χ0) is 26.3. The first kappa shape index (κ1) is 25.4. The van der Waals surface area contributed by atoms with Crippen LogP contribution in [0.15, 0.2) is 77.9 Å². The summed E-state index contributed by atoms with van der Waals surface area (Å²) >= 11 is 0. The molecule has 1 aromatic heterocycles. The molecule has 9 heteroatoms. The van der Waals surface area contributed by atoms with Crippen LogP contribution in [0.4, 0.5) is 29.2 Å². The Kier molecular flexibility index (Phi) is 7.83. The molecule has 0 saturated heterocycles. The molecule has 190 valence electrons. The van der Waals surface area contributed by atoms with Gasteiger partial charge in [-0.2, -0.15) is 20.1 Å². The Labute approximate surface area is 217 Å². The fraction of sp³-hybridized carbons (Fsp3) is 0.214. The van der Waals surface area contributed by atoms with Crippen LogP contribution in [0, 0.1) is 0 Å². The van der Waals surface area contributed by atoms with Crippen LogP contribution < -0.4 is 25.5 Å². The predicted octanol–water partition coefficient (Wildman–Crippen LogP) is 6.12. The maximum absolute atomic E-state index is 5.23. The number of nitrogens with one attached hydrogen (secondary N) is 3. The van der Waals surface area contributed by atoms with Crippen molar-refractivity contribution in [3.05, 3.63) is 83.9 Å². The molecule has 1 heterocycles. The van der Waals surface area contributed by atoms with Gasteiger partial charge in [-0.1, -0.05) is 45.0 Å². The van der Waals surface area contributed by atoms with Gasteiger partial charge in [0.05, 0.1) is 20.4 Å². The third-order valence-electron chi connectivity index (χ3n) is 5.48. The average molecular weight is 498 g/mol. The van der Waals surface area contributed by atoms with Crippen molar-refractivity contribution in [2.75, 3.05) is 30.3 Å². The summed E-state index contributed by atoms with van der Waals surface area (Å²) in [6.07, 6.45) is 1.73. The van der Waals surface area contributed by atoms with E-state index in [1.807, 2.05) is 60.7 Å². The Morgan fingerprint density at radius 1 is 0.649 bits per heavy atom. The molecule has 0 saturated carbocycles. The minimum absolute atomic E-state index is 0.0966. The van der Waals surface area contributed by atoms with Gasteiger partial charge >= 0.3 is 0 Å². The summed E-state index contributed by atoms with van der Waals surface area (Å²) in [4.78, 5) is 13.4. The Morgan fingerprint density at radius 3 is 1.54 bits per heavy atom. The number of ether oxygens (including phenoxy) is 2. The summed E-state index contributed by atoms with van der Waals surface area (Å²) in [7, 11) is 3.26. The van der Waals surface area contributed by atoms with E-state index in [1.54, 1.807) is 20.4 Å². The van der Waals surface area contributed by atoms with Crippen molar-refractivity contribution in [3.63, 3.8) is 0 Å². The van der Waals surface area contributed by atoms with Gasteiger partial charge in [0, 0.05) is 11.4 Å². The maximum atomic E-state index is 5.23. The Hall–Kier alpha value is -4.66. The van der Waals surface area contributed by atoms with Gasteiger partial charge < -0.3 is 20.1 Å². The van der Waals surface area contributed by atoms with Gasteiger partial charge in [0.25, 0.3) is 0 Å². The number of aromatic nitrogens is 3. The molecule has 0 unspecified atom stereocenters. The summed E-state index contributed by atoms with van der Waals surface area (Å²) in [5.41, 5.74) is 6.84. The van der Waals surface area contributed by atoms with Gasteiger partial charge in [-0.15, -0.1) is 0 Å². The van der Waals surface area contributed by atoms with E-state index in [1.165, 1.54) is 5.56 Å². The Balaban J connectivity index is 1.54. The van der Waals surface area contributed by atoms with Crippen LogP contribution in [-0.2, 0) is 5.41 Å². The van der Waals surface area contributed by atoms with E-state index in [-0.39, 0.29) is 11.4 Å². The monoisotopic (exact) mass is 497 g/mol. The molecule has 0 aliphatic rings. The summed E-state index contributed by atoms with van der Waals surface area (Å²) in [5.74, 6) is 2.50. The van der Waals surface area contributed by atoms with Crippen LogP contribution in [0.2, 0.25) is 0 Å². The Bertz CT molecular complexity index is 1260. The lowest BCUT2D eigenvalue weighted by atomic mass is 9.87. The second kappa shape index (κ2) is 11.4. The topological polar surface area (TPSA) is 106 Å². The molecule has 3 aromatic carbocycles. The highest BCUT2D eigenvalue weighted by Gasteiger charge is 2.12. The molecule has 0 aliphatic heterocycles. The summed E-state index contributed by atoms with van der Waals surface area (Å²) < 4.78 is 10.5. The predicted molar refractivity (Wildman–Crippen MR) is 149 cm³/mol. The molecule has 0 fully saturated rings. The second-order valence-electron chi connectivity index (χ2n) is 9.26. The average Bonchev–Trinajstić information content (AvgIpc) is 2.89. The number of nitrogens with zero attached hydrogens (tertiary/aromatic N) is 4. The van der Waals surface area contributed by atoms with E-state index in [2.05, 4.69) is 69.0 Å². The normalized spacial score (nSPS) is 11.3. The van der Waals surface area contributed by atoms with Crippen molar-refractivity contribution in [1.29, 1.82) is 0 Å². The van der Waals surface area contributed by atoms with Gasteiger partial charge in [-0.25, -0.2) is 5.43 Å². The Morgan fingerprint density at radius 2 is 1.11 bits per heavy atom. The molecule has 0 aliphatic carbocycles. The molecule has 0 radical (unpaired) electrons. The van der Waals surface area contributed by atoms with Crippen LogP contribution in [-0.4, -0.2) is 35.4 Å². The second-order valence-corrected chi connectivity index (χ2v) is 9.26. The van der Waals surface area contributed by atoms with Crippen LogP contribution in [0.25, 0.3) is 0 Å². The van der Waals surface area contributed by atoms with Crippen molar-refractivity contribution < 1.29 is 9.47 Å². The van der Waals surface area contributed by atoms with Crippen LogP contribution in [0.3, 0.4) is 0 Å². The van der Waals surface area contributed by atoms with E-state index in [9.17, 15) is 0 Å².